The molecule has 106 valence electrons. The predicted octanol–water partition coefficient (Wildman–Crippen LogP) is -0.0631. The van der Waals surface area contributed by atoms with Crippen molar-refractivity contribution in [2.75, 3.05) is 38.1 Å². The standard InChI is InChI=1S/C13H22N4O2/c1-10(11(2)18)17-13(19)8-12(9-14-17)16-6-4-15(3)5-7-16/h8-11,18H,4-7H2,1-3H3. The van der Waals surface area contributed by atoms with Crippen LogP contribution in [-0.2, 0) is 0 Å². The summed E-state index contributed by atoms with van der Waals surface area (Å²) in [4.78, 5) is 16.5. The minimum atomic E-state index is -0.598. The van der Waals surface area contributed by atoms with Gasteiger partial charge in [0.25, 0.3) is 5.56 Å². The first-order chi connectivity index (χ1) is 8.99. The predicted molar refractivity (Wildman–Crippen MR) is 74.6 cm³/mol. The molecule has 1 aromatic rings. The summed E-state index contributed by atoms with van der Waals surface area (Å²) in [5.41, 5.74) is 0.706. The van der Waals surface area contributed by atoms with E-state index in [1.807, 2.05) is 0 Å². The Morgan fingerprint density at radius 1 is 1.26 bits per heavy atom. The maximum absolute atomic E-state index is 12.0. The SMILES string of the molecule is CC(O)C(C)n1ncc(N2CCN(C)CC2)cc1=O. The van der Waals surface area contributed by atoms with Gasteiger partial charge in [-0.15, -0.1) is 0 Å². The van der Waals surface area contributed by atoms with E-state index in [1.54, 1.807) is 26.1 Å². The normalized spacial score (nSPS) is 20.3. The monoisotopic (exact) mass is 266 g/mol. The van der Waals surface area contributed by atoms with Gasteiger partial charge in [0.1, 0.15) is 0 Å². The van der Waals surface area contributed by atoms with Crippen LogP contribution >= 0.6 is 0 Å². The zero-order chi connectivity index (χ0) is 14.0. The lowest BCUT2D eigenvalue weighted by Crippen LogP contribution is -2.45. The second-order valence-electron chi connectivity index (χ2n) is 5.27. The van der Waals surface area contributed by atoms with Gasteiger partial charge in [0.05, 0.1) is 24.0 Å². The summed E-state index contributed by atoms with van der Waals surface area (Å²) < 4.78 is 1.34. The van der Waals surface area contributed by atoms with E-state index in [0.717, 1.165) is 31.9 Å². The van der Waals surface area contributed by atoms with Gasteiger partial charge in [0, 0.05) is 32.2 Å². The van der Waals surface area contributed by atoms with Crippen molar-refractivity contribution in [3.05, 3.63) is 22.6 Å². The number of likely N-dealkylation sites (N-methyl/N-ethyl adjacent to an activating group) is 1. The Kier molecular flexibility index (Phi) is 4.21. The second-order valence-corrected chi connectivity index (χ2v) is 5.27. The molecule has 1 fully saturated rings. The third kappa shape index (κ3) is 3.13. The summed E-state index contributed by atoms with van der Waals surface area (Å²) >= 11 is 0. The topological polar surface area (TPSA) is 61.6 Å². The average Bonchev–Trinajstić information content (AvgIpc) is 2.38. The van der Waals surface area contributed by atoms with Crippen molar-refractivity contribution in [1.82, 2.24) is 14.7 Å². The van der Waals surface area contributed by atoms with Gasteiger partial charge in [-0.05, 0) is 20.9 Å². The molecule has 1 aliphatic heterocycles. The van der Waals surface area contributed by atoms with Crippen molar-refractivity contribution in [3.8, 4) is 0 Å². The Bertz CT molecular complexity index is 478. The third-order valence-electron chi connectivity index (χ3n) is 3.76. The molecular weight excluding hydrogens is 244 g/mol. The number of aromatic nitrogens is 2. The molecular formula is C13H22N4O2. The molecule has 2 rings (SSSR count). The number of nitrogens with zero attached hydrogens (tertiary/aromatic N) is 4. The lowest BCUT2D eigenvalue weighted by molar-refractivity contribution is 0.129. The van der Waals surface area contributed by atoms with Crippen LogP contribution in [0.3, 0.4) is 0 Å². The first-order valence-electron chi connectivity index (χ1n) is 6.69. The van der Waals surface area contributed by atoms with Crippen molar-refractivity contribution in [2.45, 2.75) is 26.0 Å². The molecule has 1 aliphatic rings. The number of hydrogen-bond donors (Lipinski definition) is 1. The van der Waals surface area contributed by atoms with E-state index < -0.39 is 6.10 Å². The van der Waals surface area contributed by atoms with Gasteiger partial charge in [-0.2, -0.15) is 5.10 Å². The number of aliphatic hydroxyl groups is 1. The Morgan fingerprint density at radius 3 is 2.42 bits per heavy atom. The zero-order valence-electron chi connectivity index (χ0n) is 11.8. The van der Waals surface area contributed by atoms with Crippen molar-refractivity contribution in [2.24, 2.45) is 0 Å². The molecule has 0 saturated carbocycles. The van der Waals surface area contributed by atoms with Gasteiger partial charge < -0.3 is 14.9 Å². The van der Waals surface area contributed by atoms with Gasteiger partial charge in [-0.1, -0.05) is 0 Å². The molecule has 1 aromatic heterocycles. The lowest BCUT2D eigenvalue weighted by atomic mass is 10.2. The minimum Gasteiger partial charge on any atom is -0.391 e. The van der Waals surface area contributed by atoms with Crippen LogP contribution in [0.1, 0.15) is 19.9 Å². The highest BCUT2D eigenvalue weighted by Crippen LogP contribution is 2.13. The Labute approximate surface area is 113 Å². The van der Waals surface area contributed by atoms with Gasteiger partial charge in [-0.3, -0.25) is 4.79 Å². The van der Waals surface area contributed by atoms with Crippen molar-refractivity contribution >= 4 is 5.69 Å². The number of anilines is 1. The molecule has 0 radical (unpaired) electrons. The largest absolute Gasteiger partial charge is 0.391 e. The number of piperazine rings is 1. The van der Waals surface area contributed by atoms with E-state index in [-0.39, 0.29) is 11.6 Å². The van der Waals surface area contributed by atoms with Gasteiger partial charge in [0.15, 0.2) is 0 Å². The fourth-order valence-electron chi connectivity index (χ4n) is 2.16. The molecule has 6 nitrogen and oxygen atoms in total. The molecule has 0 aliphatic carbocycles. The molecule has 2 unspecified atom stereocenters. The van der Waals surface area contributed by atoms with E-state index in [4.69, 9.17) is 0 Å². The number of aliphatic hydroxyl groups excluding tert-OH is 1. The molecule has 0 spiro atoms. The first-order valence-corrected chi connectivity index (χ1v) is 6.69. The van der Waals surface area contributed by atoms with Crippen LogP contribution in [0.5, 0.6) is 0 Å². The zero-order valence-corrected chi connectivity index (χ0v) is 11.8. The van der Waals surface area contributed by atoms with Crippen LogP contribution in [0, 0.1) is 0 Å². The highest BCUT2D eigenvalue weighted by molar-refractivity contribution is 5.43. The highest BCUT2D eigenvalue weighted by atomic mass is 16.3. The summed E-state index contributed by atoms with van der Waals surface area (Å²) in [5.74, 6) is 0. The van der Waals surface area contributed by atoms with Gasteiger partial charge >= 0.3 is 0 Å². The van der Waals surface area contributed by atoms with Crippen LogP contribution in [0.25, 0.3) is 0 Å². The molecule has 2 atom stereocenters. The van der Waals surface area contributed by atoms with Crippen LogP contribution in [0.4, 0.5) is 5.69 Å². The molecule has 2 heterocycles. The Hall–Kier alpha value is -1.40. The van der Waals surface area contributed by atoms with Crippen LogP contribution in [0.15, 0.2) is 17.1 Å². The van der Waals surface area contributed by atoms with Crippen LogP contribution in [0.2, 0.25) is 0 Å². The van der Waals surface area contributed by atoms with E-state index in [2.05, 4.69) is 21.9 Å². The van der Waals surface area contributed by atoms with E-state index in [1.165, 1.54) is 4.68 Å². The lowest BCUT2D eigenvalue weighted by Gasteiger charge is -2.33. The summed E-state index contributed by atoms with van der Waals surface area (Å²) in [5, 5.41) is 13.7. The molecule has 19 heavy (non-hydrogen) atoms. The van der Waals surface area contributed by atoms with E-state index in [9.17, 15) is 9.90 Å². The molecule has 0 bridgehead atoms. The number of hydrogen-bond acceptors (Lipinski definition) is 5. The Balaban J connectivity index is 2.17. The van der Waals surface area contributed by atoms with Crippen molar-refractivity contribution in [1.29, 1.82) is 0 Å². The van der Waals surface area contributed by atoms with Crippen LogP contribution in [-0.4, -0.2) is 59.1 Å². The van der Waals surface area contributed by atoms with Gasteiger partial charge in [-0.25, -0.2) is 4.68 Å². The minimum absolute atomic E-state index is 0.162. The summed E-state index contributed by atoms with van der Waals surface area (Å²) in [7, 11) is 2.10. The molecule has 1 N–H and O–H groups in total. The summed E-state index contributed by atoms with van der Waals surface area (Å²) in [6.45, 7) is 7.25. The second kappa shape index (κ2) is 5.71. The smallest absolute Gasteiger partial charge is 0.269 e. The Morgan fingerprint density at radius 2 is 1.89 bits per heavy atom. The third-order valence-corrected chi connectivity index (χ3v) is 3.76. The van der Waals surface area contributed by atoms with Crippen molar-refractivity contribution in [3.63, 3.8) is 0 Å². The average molecular weight is 266 g/mol. The maximum Gasteiger partial charge on any atom is 0.269 e. The first kappa shape index (κ1) is 14.0. The van der Waals surface area contributed by atoms with Gasteiger partial charge in [0.2, 0.25) is 0 Å². The summed E-state index contributed by atoms with van der Waals surface area (Å²) in [6, 6.07) is 1.30. The fourth-order valence-corrected chi connectivity index (χ4v) is 2.16. The highest BCUT2D eigenvalue weighted by Gasteiger charge is 2.17. The molecule has 0 amide bonds. The van der Waals surface area contributed by atoms with Crippen LogP contribution < -0.4 is 10.5 Å². The quantitative estimate of drug-likeness (QED) is 0.830. The van der Waals surface area contributed by atoms with Crippen molar-refractivity contribution < 1.29 is 5.11 Å². The fraction of sp³-hybridized carbons (Fsp3) is 0.692. The number of rotatable bonds is 3. The molecule has 1 saturated heterocycles. The van der Waals surface area contributed by atoms with E-state index >= 15 is 0 Å². The summed E-state index contributed by atoms with van der Waals surface area (Å²) in [6.07, 6.45) is 1.12. The molecule has 6 heteroatoms. The molecule has 0 aromatic carbocycles. The van der Waals surface area contributed by atoms with E-state index in [0.29, 0.717) is 0 Å². The maximum atomic E-state index is 12.0.